The normalized spacial score (nSPS) is 13.9. The Balaban J connectivity index is 0.00000289. The topological polar surface area (TPSA) is 74.4 Å². The first-order valence-electron chi connectivity index (χ1n) is 10.7. The number of carbonyl (C=O) groups is 1. The Labute approximate surface area is 194 Å². The van der Waals surface area contributed by atoms with E-state index in [9.17, 15) is 4.79 Å². The first-order valence-corrected chi connectivity index (χ1v) is 10.7. The van der Waals surface area contributed by atoms with Crippen LogP contribution in [0.15, 0.2) is 47.1 Å². The second-order valence-corrected chi connectivity index (χ2v) is 7.66. The summed E-state index contributed by atoms with van der Waals surface area (Å²) < 4.78 is 23.2. The molecule has 3 aromatic rings. The number of likely N-dealkylation sites (tertiary alicyclic amines) is 1. The highest BCUT2D eigenvalue weighted by Crippen LogP contribution is 2.50. The summed E-state index contributed by atoms with van der Waals surface area (Å²) in [6.45, 7) is 3.71. The number of nitrogens with one attached hydrogen (secondary N) is 2. The van der Waals surface area contributed by atoms with Crippen molar-refractivity contribution >= 4 is 22.6 Å². The largest absolute Gasteiger partial charge is 1.00 e. The number of carbonyl (C=O) groups excluding carboxylic acids is 1. The quantitative estimate of drug-likeness (QED) is 0.501. The molecule has 0 bridgehead atoms. The van der Waals surface area contributed by atoms with E-state index >= 15 is 0 Å². The number of hydrogen-bond acceptors (Lipinski definition) is 5. The first kappa shape index (κ1) is 23.8. The number of anilines is 1. The zero-order valence-corrected chi connectivity index (χ0v) is 19.2. The summed E-state index contributed by atoms with van der Waals surface area (Å²) in [5, 5.41) is 3.68. The van der Waals surface area contributed by atoms with Crippen LogP contribution >= 0.6 is 0 Å². The van der Waals surface area contributed by atoms with Crippen LogP contribution in [0.4, 0.5) is 5.69 Å². The van der Waals surface area contributed by atoms with Gasteiger partial charge in [0.05, 0.1) is 39.0 Å². The Morgan fingerprint density at radius 3 is 2.41 bits per heavy atom. The summed E-state index contributed by atoms with van der Waals surface area (Å²) in [6, 6.07) is 10.8. The number of benzene rings is 2. The highest BCUT2D eigenvalue weighted by molar-refractivity contribution is 6.09. The van der Waals surface area contributed by atoms with Crippen LogP contribution in [0.5, 0.6) is 17.2 Å². The molecule has 0 atom stereocenters. The third-order valence-electron chi connectivity index (χ3n) is 5.72. The zero-order chi connectivity index (χ0) is 21.6. The Kier molecular flexibility index (Phi) is 8.25. The van der Waals surface area contributed by atoms with Crippen LogP contribution in [0.1, 0.15) is 29.6 Å². The lowest BCUT2D eigenvalue weighted by atomic mass is 10.1. The van der Waals surface area contributed by atoms with Gasteiger partial charge in [-0.2, -0.15) is 0 Å². The highest BCUT2D eigenvalue weighted by atomic mass is 35.5. The van der Waals surface area contributed by atoms with Gasteiger partial charge < -0.3 is 41.3 Å². The average molecular weight is 461 g/mol. The summed E-state index contributed by atoms with van der Waals surface area (Å²) in [4.78, 5) is 14.5. The molecule has 4 rings (SSSR count). The van der Waals surface area contributed by atoms with E-state index in [0.29, 0.717) is 46.1 Å². The molecule has 0 spiro atoms. The summed E-state index contributed by atoms with van der Waals surface area (Å²) >= 11 is 0. The summed E-state index contributed by atoms with van der Waals surface area (Å²) in [5.41, 5.74) is 1.51. The minimum Gasteiger partial charge on any atom is -1.00 e. The summed E-state index contributed by atoms with van der Waals surface area (Å²) in [5.74, 6) is 1.09. The number of methoxy groups -OCH3 is 2. The van der Waals surface area contributed by atoms with Crippen molar-refractivity contribution in [3.63, 3.8) is 0 Å². The average Bonchev–Trinajstić information content (AvgIpc) is 3.29. The van der Waals surface area contributed by atoms with E-state index in [1.165, 1.54) is 37.3 Å². The molecule has 2 aromatic carbocycles. The van der Waals surface area contributed by atoms with Crippen molar-refractivity contribution in [2.45, 2.75) is 19.3 Å². The SMILES string of the molecule is COc1c(NC(=O)c2ccccc2)c(OCC[NH+]2CCCCC2)c(OC)c2occc12.[Cl-]. The number of furan rings is 1. The van der Waals surface area contributed by atoms with Gasteiger partial charge in [-0.15, -0.1) is 0 Å². The number of halogens is 1. The van der Waals surface area contributed by atoms with Gasteiger partial charge in [0, 0.05) is 5.56 Å². The van der Waals surface area contributed by atoms with E-state index in [1.807, 2.05) is 18.2 Å². The zero-order valence-electron chi connectivity index (χ0n) is 18.4. The van der Waals surface area contributed by atoms with Crippen molar-refractivity contribution in [1.29, 1.82) is 0 Å². The lowest BCUT2D eigenvalue weighted by molar-refractivity contribution is -0.904. The number of ether oxygens (including phenoxy) is 3. The number of amides is 1. The van der Waals surface area contributed by atoms with E-state index in [0.717, 1.165) is 6.54 Å². The van der Waals surface area contributed by atoms with Crippen LogP contribution in [0.25, 0.3) is 11.0 Å². The molecule has 172 valence electrons. The van der Waals surface area contributed by atoms with Gasteiger partial charge in [-0.25, -0.2) is 0 Å². The van der Waals surface area contributed by atoms with Gasteiger partial charge in [-0.3, -0.25) is 4.79 Å². The molecular formula is C24H29ClN2O5. The van der Waals surface area contributed by atoms with Gasteiger partial charge in [0.1, 0.15) is 18.8 Å². The Morgan fingerprint density at radius 1 is 1.00 bits per heavy atom. The first-order chi connectivity index (χ1) is 15.2. The molecule has 1 saturated heterocycles. The molecular weight excluding hydrogens is 432 g/mol. The third-order valence-corrected chi connectivity index (χ3v) is 5.72. The van der Waals surface area contributed by atoms with Gasteiger partial charge >= 0.3 is 0 Å². The third kappa shape index (κ3) is 4.95. The minimum absolute atomic E-state index is 0. The van der Waals surface area contributed by atoms with Crippen LogP contribution in [0, 0.1) is 0 Å². The van der Waals surface area contributed by atoms with Gasteiger partial charge in [-0.05, 0) is 37.5 Å². The van der Waals surface area contributed by atoms with Crippen LogP contribution < -0.4 is 36.8 Å². The number of rotatable bonds is 8. The van der Waals surface area contributed by atoms with E-state index in [-0.39, 0.29) is 18.3 Å². The van der Waals surface area contributed by atoms with E-state index in [2.05, 4.69) is 5.32 Å². The van der Waals surface area contributed by atoms with Crippen molar-refractivity contribution in [3.05, 3.63) is 48.2 Å². The van der Waals surface area contributed by atoms with Crippen molar-refractivity contribution in [1.82, 2.24) is 0 Å². The summed E-state index contributed by atoms with van der Waals surface area (Å²) in [6.07, 6.45) is 5.38. The van der Waals surface area contributed by atoms with Crippen molar-refractivity contribution in [3.8, 4) is 17.2 Å². The molecule has 1 aliphatic heterocycles. The van der Waals surface area contributed by atoms with Gasteiger partial charge in [0.2, 0.25) is 5.75 Å². The lowest BCUT2D eigenvalue weighted by Gasteiger charge is -2.24. The van der Waals surface area contributed by atoms with Crippen molar-refractivity contribution in [2.75, 3.05) is 45.8 Å². The fourth-order valence-electron chi connectivity index (χ4n) is 4.14. The van der Waals surface area contributed by atoms with Gasteiger partial charge in [0.25, 0.3) is 5.91 Å². The highest BCUT2D eigenvalue weighted by Gasteiger charge is 2.27. The van der Waals surface area contributed by atoms with Crippen LogP contribution in [-0.4, -0.2) is 46.4 Å². The fraction of sp³-hybridized carbons (Fsp3) is 0.375. The smallest absolute Gasteiger partial charge is 0.255 e. The molecule has 1 fully saturated rings. The molecule has 7 nitrogen and oxygen atoms in total. The number of fused-ring (bicyclic) bond motifs is 1. The van der Waals surface area contributed by atoms with E-state index in [1.54, 1.807) is 38.7 Å². The second kappa shape index (κ2) is 11.1. The molecule has 32 heavy (non-hydrogen) atoms. The maximum atomic E-state index is 12.9. The molecule has 1 aliphatic rings. The monoisotopic (exact) mass is 460 g/mol. The Morgan fingerprint density at radius 2 is 1.72 bits per heavy atom. The molecule has 1 amide bonds. The van der Waals surface area contributed by atoms with Gasteiger partial charge in [0.15, 0.2) is 17.1 Å². The Bertz CT molecular complexity index is 1030. The van der Waals surface area contributed by atoms with E-state index in [4.69, 9.17) is 18.6 Å². The standard InChI is InChI=1S/C24H28N2O5.ClH/c1-28-20-18-11-15-30-21(18)23(29-2)22(31-16-14-26-12-7-4-8-13-26)19(20)25-24(27)17-9-5-3-6-10-17;/h3,5-6,9-11,15H,4,7-8,12-14,16H2,1-2H3,(H,25,27);1H. The minimum atomic E-state index is -0.254. The fourth-order valence-corrected chi connectivity index (χ4v) is 4.14. The van der Waals surface area contributed by atoms with Crippen LogP contribution in [0.3, 0.4) is 0 Å². The molecule has 8 heteroatoms. The van der Waals surface area contributed by atoms with Crippen LogP contribution in [-0.2, 0) is 0 Å². The Hall–Kier alpha value is -2.90. The molecule has 1 aromatic heterocycles. The number of piperidine rings is 1. The number of quaternary nitrogens is 1. The molecule has 0 saturated carbocycles. The van der Waals surface area contributed by atoms with E-state index < -0.39 is 0 Å². The predicted molar refractivity (Wildman–Crippen MR) is 119 cm³/mol. The molecule has 2 heterocycles. The second-order valence-electron chi connectivity index (χ2n) is 7.66. The van der Waals surface area contributed by atoms with Crippen molar-refractivity contribution < 1.29 is 40.7 Å². The predicted octanol–water partition coefficient (Wildman–Crippen LogP) is 0.154. The van der Waals surface area contributed by atoms with Crippen molar-refractivity contribution in [2.24, 2.45) is 0 Å². The molecule has 0 unspecified atom stereocenters. The lowest BCUT2D eigenvalue weighted by Crippen LogP contribution is -3.13. The number of hydrogen-bond donors (Lipinski definition) is 2. The van der Waals surface area contributed by atoms with Crippen LogP contribution in [0.2, 0.25) is 0 Å². The molecule has 0 aliphatic carbocycles. The summed E-state index contributed by atoms with van der Waals surface area (Å²) in [7, 11) is 3.13. The maximum absolute atomic E-state index is 12.9. The molecule has 0 radical (unpaired) electrons. The van der Waals surface area contributed by atoms with Gasteiger partial charge in [-0.1, -0.05) is 18.2 Å². The molecule has 2 N–H and O–H groups in total. The maximum Gasteiger partial charge on any atom is 0.255 e.